The van der Waals surface area contributed by atoms with Crippen LogP contribution in [0.1, 0.15) is 36.0 Å². The molecule has 0 atom stereocenters. The maximum absolute atomic E-state index is 12.0. The van der Waals surface area contributed by atoms with Gasteiger partial charge in [0.05, 0.1) is 17.3 Å². The first-order chi connectivity index (χ1) is 9.33. The third kappa shape index (κ3) is 3.80. The van der Waals surface area contributed by atoms with Crippen LogP contribution < -0.4 is 5.32 Å². The van der Waals surface area contributed by atoms with Crippen molar-refractivity contribution in [2.24, 2.45) is 0 Å². The Morgan fingerprint density at radius 3 is 2.95 bits per heavy atom. The Kier molecular flexibility index (Phi) is 5.39. The van der Waals surface area contributed by atoms with Crippen molar-refractivity contribution in [1.29, 1.82) is 0 Å². The second-order valence-corrected chi connectivity index (χ2v) is 5.24. The number of alkyl halides is 1. The van der Waals surface area contributed by atoms with Gasteiger partial charge in [-0.2, -0.15) is 5.10 Å². The van der Waals surface area contributed by atoms with Crippen LogP contribution in [-0.4, -0.2) is 27.4 Å². The van der Waals surface area contributed by atoms with E-state index in [1.807, 2.05) is 24.4 Å². The highest BCUT2D eigenvalue weighted by molar-refractivity contribution is 9.09. The molecule has 102 valence electrons. The summed E-state index contributed by atoms with van der Waals surface area (Å²) in [6.45, 7) is 0.727. The zero-order chi connectivity index (χ0) is 13.5. The molecule has 5 heteroatoms. The molecule has 1 N–H and O–H groups in total. The van der Waals surface area contributed by atoms with Gasteiger partial charge in [0.25, 0.3) is 5.91 Å². The zero-order valence-electron chi connectivity index (χ0n) is 10.8. The van der Waals surface area contributed by atoms with Crippen molar-refractivity contribution < 1.29 is 4.79 Å². The van der Waals surface area contributed by atoms with E-state index in [-0.39, 0.29) is 5.91 Å². The highest BCUT2D eigenvalue weighted by Gasteiger charge is 2.11. The van der Waals surface area contributed by atoms with Gasteiger partial charge in [-0.25, -0.2) is 4.52 Å². The van der Waals surface area contributed by atoms with Crippen LogP contribution in [-0.2, 0) is 0 Å². The summed E-state index contributed by atoms with van der Waals surface area (Å²) in [5.74, 6) is -0.0401. The van der Waals surface area contributed by atoms with Crippen LogP contribution >= 0.6 is 15.9 Å². The van der Waals surface area contributed by atoms with Crippen LogP contribution in [0.25, 0.3) is 5.52 Å². The van der Waals surface area contributed by atoms with Gasteiger partial charge in [0.15, 0.2) is 0 Å². The van der Waals surface area contributed by atoms with Crippen LogP contribution in [0.2, 0.25) is 0 Å². The van der Waals surface area contributed by atoms with E-state index >= 15 is 0 Å². The van der Waals surface area contributed by atoms with E-state index in [4.69, 9.17) is 0 Å². The van der Waals surface area contributed by atoms with Gasteiger partial charge in [-0.15, -0.1) is 0 Å². The number of rotatable bonds is 7. The summed E-state index contributed by atoms with van der Waals surface area (Å²) in [5, 5.41) is 8.17. The van der Waals surface area contributed by atoms with E-state index < -0.39 is 0 Å². The smallest absolute Gasteiger partial charge is 0.255 e. The van der Waals surface area contributed by atoms with Gasteiger partial charge in [0, 0.05) is 18.1 Å². The predicted molar refractivity (Wildman–Crippen MR) is 79.8 cm³/mol. The van der Waals surface area contributed by atoms with Gasteiger partial charge in [-0.1, -0.05) is 34.8 Å². The normalized spacial score (nSPS) is 10.8. The average molecular weight is 324 g/mol. The molecule has 0 aliphatic heterocycles. The van der Waals surface area contributed by atoms with E-state index in [1.165, 1.54) is 12.8 Å². The summed E-state index contributed by atoms with van der Waals surface area (Å²) in [7, 11) is 0. The molecule has 2 rings (SSSR count). The molecule has 2 aromatic heterocycles. The molecule has 0 bridgehead atoms. The molecule has 0 unspecified atom stereocenters. The van der Waals surface area contributed by atoms with E-state index in [2.05, 4.69) is 26.3 Å². The Bertz CT molecular complexity index is 538. The Morgan fingerprint density at radius 1 is 1.26 bits per heavy atom. The number of carbonyl (C=O) groups excluding carboxylic acids is 1. The number of nitrogens with one attached hydrogen (secondary N) is 1. The number of amides is 1. The highest BCUT2D eigenvalue weighted by Crippen LogP contribution is 2.09. The molecule has 0 aromatic carbocycles. The first-order valence-corrected chi connectivity index (χ1v) is 7.71. The molecular formula is C14H18BrN3O. The van der Waals surface area contributed by atoms with Crippen molar-refractivity contribution in [2.45, 2.75) is 25.7 Å². The SMILES string of the molecule is O=C(NCCCCCCBr)c1cnn2ccccc12. The van der Waals surface area contributed by atoms with Crippen LogP contribution in [0.5, 0.6) is 0 Å². The molecule has 0 spiro atoms. The summed E-state index contributed by atoms with van der Waals surface area (Å²) < 4.78 is 1.71. The third-order valence-electron chi connectivity index (χ3n) is 3.02. The van der Waals surface area contributed by atoms with Crippen LogP contribution in [0.4, 0.5) is 0 Å². The zero-order valence-corrected chi connectivity index (χ0v) is 12.4. The summed E-state index contributed by atoms with van der Waals surface area (Å²) in [4.78, 5) is 12.0. The quantitative estimate of drug-likeness (QED) is 0.629. The lowest BCUT2D eigenvalue weighted by Crippen LogP contribution is -2.24. The first kappa shape index (κ1) is 14.1. The van der Waals surface area contributed by atoms with Crippen molar-refractivity contribution in [3.8, 4) is 0 Å². The molecule has 0 aliphatic rings. The fraction of sp³-hybridized carbons (Fsp3) is 0.429. The number of unbranched alkanes of at least 4 members (excludes halogenated alkanes) is 3. The van der Waals surface area contributed by atoms with Crippen molar-refractivity contribution in [3.63, 3.8) is 0 Å². The second kappa shape index (κ2) is 7.28. The maximum atomic E-state index is 12.0. The average Bonchev–Trinajstić information content (AvgIpc) is 2.86. The molecule has 1 amide bonds. The number of halogens is 1. The summed E-state index contributed by atoms with van der Waals surface area (Å²) in [6, 6.07) is 5.71. The number of pyridine rings is 1. The Morgan fingerprint density at radius 2 is 2.11 bits per heavy atom. The lowest BCUT2D eigenvalue weighted by molar-refractivity contribution is 0.0954. The molecule has 4 nitrogen and oxygen atoms in total. The largest absolute Gasteiger partial charge is 0.352 e. The monoisotopic (exact) mass is 323 g/mol. The summed E-state index contributed by atoms with van der Waals surface area (Å²) in [5.41, 5.74) is 1.49. The highest BCUT2D eigenvalue weighted by atomic mass is 79.9. The Balaban J connectivity index is 1.83. The van der Waals surface area contributed by atoms with E-state index in [0.717, 1.165) is 30.2 Å². The number of nitrogens with zero attached hydrogens (tertiary/aromatic N) is 2. The molecule has 0 radical (unpaired) electrons. The number of carbonyl (C=O) groups is 1. The minimum absolute atomic E-state index is 0.0401. The lowest BCUT2D eigenvalue weighted by atomic mass is 10.2. The summed E-state index contributed by atoms with van der Waals surface area (Å²) >= 11 is 3.41. The lowest BCUT2D eigenvalue weighted by Gasteiger charge is -2.03. The Hall–Kier alpha value is -1.36. The third-order valence-corrected chi connectivity index (χ3v) is 3.58. The molecule has 0 fully saturated rings. The second-order valence-electron chi connectivity index (χ2n) is 4.45. The van der Waals surface area contributed by atoms with E-state index in [0.29, 0.717) is 5.56 Å². The van der Waals surface area contributed by atoms with Gasteiger partial charge >= 0.3 is 0 Å². The predicted octanol–water partition coefficient (Wildman–Crippen LogP) is 3.02. The number of aromatic nitrogens is 2. The number of hydrogen-bond donors (Lipinski definition) is 1. The minimum atomic E-state index is -0.0401. The van der Waals surface area contributed by atoms with E-state index in [9.17, 15) is 4.79 Å². The topological polar surface area (TPSA) is 46.4 Å². The summed E-state index contributed by atoms with van der Waals surface area (Å²) in [6.07, 6.45) is 8.04. The molecule has 0 saturated carbocycles. The van der Waals surface area contributed by atoms with Crippen LogP contribution in [0.3, 0.4) is 0 Å². The van der Waals surface area contributed by atoms with Gasteiger partial charge in [0.1, 0.15) is 0 Å². The maximum Gasteiger partial charge on any atom is 0.255 e. The van der Waals surface area contributed by atoms with Gasteiger partial charge < -0.3 is 5.32 Å². The van der Waals surface area contributed by atoms with Crippen molar-refractivity contribution in [1.82, 2.24) is 14.9 Å². The molecular weight excluding hydrogens is 306 g/mol. The molecule has 19 heavy (non-hydrogen) atoms. The Labute approximate surface area is 121 Å². The van der Waals surface area contributed by atoms with Crippen LogP contribution in [0.15, 0.2) is 30.6 Å². The molecule has 2 aromatic rings. The minimum Gasteiger partial charge on any atom is -0.352 e. The van der Waals surface area contributed by atoms with Gasteiger partial charge in [-0.3, -0.25) is 4.79 Å². The fourth-order valence-corrected chi connectivity index (χ4v) is 2.38. The van der Waals surface area contributed by atoms with Crippen LogP contribution in [0, 0.1) is 0 Å². The molecule has 0 saturated heterocycles. The fourth-order valence-electron chi connectivity index (χ4n) is 1.98. The van der Waals surface area contributed by atoms with Gasteiger partial charge in [0.2, 0.25) is 0 Å². The first-order valence-electron chi connectivity index (χ1n) is 6.59. The van der Waals surface area contributed by atoms with E-state index in [1.54, 1.807) is 10.7 Å². The van der Waals surface area contributed by atoms with Gasteiger partial charge in [-0.05, 0) is 25.0 Å². The molecule has 0 aliphatic carbocycles. The van der Waals surface area contributed by atoms with Crippen molar-refractivity contribution in [2.75, 3.05) is 11.9 Å². The van der Waals surface area contributed by atoms with Crippen molar-refractivity contribution >= 4 is 27.4 Å². The number of fused-ring (bicyclic) bond motifs is 1. The van der Waals surface area contributed by atoms with Crippen molar-refractivity contribution in [3.05, 3.63) is 36.2 Å². The number of hydrogen-bond acceptors (Lipinski definition) is 2. The molecule has 2 heterocycles. The standard InChI is InChI=1S/C14H18BrN3O/c15-8-4-1-2-5-9-16-14(19)12-11-17-18-10-6-3-7-13(12)18/h3,6-7,10-11H,1-2,4-5,8-9H2,(H,16,19).